The van der Waals surface area contributed by atoms with Crippen LogP contribution in [0.15, 0.2) is 88.9 Å². The number of nitrogens with one attached hydrogen (secondary N) is 3. The predicted molar refractivity (Wildman–Crippen MR) is 148 cm³/mol. The first-order valence-corrected chi connectivity index (χ1v) is 12.9. The first kappa shape index (κ1) is 24.6. The van der Waals surface area contributed by atoms with Crippen molar-refractivity contribution in [2.45, 2.75) is 31.3 Å². The van der Waals surface area contributed by atoms with Gasteiger partial charge in [-0.05, 0) is 53.3 Å². The summed E-state index contributed by atoms with van der Waals surface area (Å²) in [6, 6.07) is 23.4. The molecule has 2 heterocycles. The molecule has 2 atom stereocenters. The van der Waals surface area contributed by atoms with Crippen molar-refractivity contribution >= 4 is 11.6 Å². The van der Waals surface area contributed by atoms with Crippen LogP contribution in [0.25, 0.3) is 0 Å². The molecular formula is C31H29N3O5. The molecule has 4 aromatic rings. The van der Waals surface area contributed by atoms with Gasteiger partial charge in [0.15, 0.2) is 17.3 Å². The number of hydrogen-bond donors (Lipinski definition) is 3. The number of benzene rings is 3. The quantitative estimate of drug-likeness (QED) is 0.305. The van der Waals surface area contributed by atoms with Crippen LogP contribution < -0.4 is 25.1 Å². The van der Waals surface area contributed by atoms with Crippen molar-refractivity contribution in [2.75, 3.05) is 19.5 Å². The minimum atomic E-state index is -0.509. The Balaban J connectivity index is 1.35. The van der Waals surface area contributed by atoms with Crippen LogP contribution in [0.2, 0.25) is 0 Å². The topological polar surface area (TPSA) is 105 Å². The van der Waals surface area contributed by atoms with Crippen LogP contribution in [0.4, 0.5) is 5.82 Å². The first-order valence-electron chi connectivity index (χ1n) is 12.9. The minimum Gasteiger partial charge on any atom is -0.493 e. The lowest BCUT2D eigenvalue weighted by Crippen LogP contribution is -2.31. The van der Waals surface area contributed by atoms with E-state index >= 15 is 0 Å². The van der Waals surface area contributed by atoms with E-state index in [1.807, 2.05) is 72.8 Å². The molecule has 0 saturated heterocycles. The van der Waals surface area contributed by atoms with Crippen LogP contribution in [-0.4, -0.2) is 30.2 Å². The van der Waals surface area contributed by atoms with Crippen molar-refractivity contribution in [3.05, 3.63) is 117 Å². The van der Waals surface area contributed by atoms with Crippen LogP contribution in [-0.2, 0) is 11.4 Å². The number of rotatable bonds is 7. The van der Waals surface area contributed by atoms with Gasteiger partial charge in [0, 0.05) is 23.6 Å². The van der Waals surface area contributed by atoms with Gasteiger partial charge < -0.3 is 19.5 Å². The van der Waals surface area contributed by atoms with E-state index in [0.29, 0.717) is 53.7 Å². The number of aromatic nitrogens is 2. The predicted octanol–water partition coefficient (Wildman–Crippen LogP) is 5.26. The van der Waals surface area contributed by atoms with Crippen LogP contribution in [0, 0.1) is 0 Å². The highest BCUT2D eigenvalue weighted by Gasteiger charge is 2.40. The molecule has 0 spiro atoms. The van der Waals surface area contributed by atoms with Crippen molar-refractivity contribution in [1.82, 2.24) is 10.2 Å². The summed E-state index contributed by atoms with van der Waals surface area (Å²) in [5.74, 6) is 1.99. The van der Waals surface area contributed by atoms with E-state index in [4.69, 9.17) is 14.2 Å². The molecule has 1 aliphatic heterocycles. The van der Waals surface area contributed by atoms with Crippen molar-refractivity contribution in [2.24, 2.45) is 0 Å². The number of anilines is 1. The number of Topliss-reactive ketones (excluding diaryl/α,β-unsaturated/α-hetero) is 1. The molecule has 8 nitrogen and oxygen atoms in total. The highest BCUT2D eigenvalue weighted by Crippen LogP contribution is 2.47. The number of ether oxygens (including phenoxy) is 3. The van der Waals surface area contributed by atoms with Gasteiger partial charge in [-0.25, -0.2) is 0 Å². The van der Waals surface area contributed by atoms with E-state index < -0.39 is 5.92 Å². The van der Waals surface area contributed by atoms with Crippen molar-refractivity contribution in [3.8, 4) is 17.2 Å². The molecule has 6 rings (SSSR count). The zero-order valence-electron chi connectivity index (χ0n) is 21.7. The van der Waals surface area contributed by atoms with Gasteiger partial charge in [0.25, 0.3) is 5.56 Å². The molecule has 1 aliphatic carbocycles. The average molecular weight is 524 g/mol. The number of H-pyrrole nitrogens is 2. The summed E-state index contributed by atoms with van der Waals surface area (Å²) in [6.45, 7) is 0.423. The lowest BCUT2D eigenvalue weighted by atomic mass is 9.73. The number of methoxy groups -OCH3 is 2. The Kier molecular flexibility index (Phi) is 6.44. The van der Waals surface area contributed by atoms with Crippen molar-refractivity contribution in [3.63, 3.8) is 0 Å². The average Bonchev–Trinajstić information content (AvgIpc) is 3.35. The summed E-state index contributed by atoms with van der Waals surface area (Å²) >= 11 is 0. The third-order valence-corrected chi connectivity index (χ3v) is 7.49. The minimum absolute atomic E-state index is 0.00962. The second-order valence-electron chi connectivity index (χ2n) is 9.81. The molecule has 0 radical (unpaired) electrons. The fraction of sp³-hybridized carbons (Fsp3) is 0.226. The molecule has 0 bridgehead atoms. The molecule has 0 amide bonds. The van der Waals surface area contributed by atoms with Crippen molar-refractivity contribution < 1.29 is 19.0 Å². The lowest BCUT2D eigenvalue weighted by Gasteiger charge is -2.34. The molecule has 198 valence electrons. The molecule has 0 fully saturated rings. The fourth-order valence-corrected chi connectivity index (χ4v) is 5.62. The molecule has 0 saturated carbocycles. The third-order valence-electron chi connectivity index (χ3n) is 7.49. The Bertz CT molecular complexity index is 1620. The van der Waals surface area contributed by atoms with Gasteiger partial charge in [-0.3, -0.25) is 19.8 Å². The summed E-state index contributed by atoms with van der Waals surface area (Å²) in [4.78, 5) is 26.7. The Labute approximate surface area is 225 Å². The second kappa shape index (κ2) is 10.2. The Morgan fingerprint density at radius 3 is 2.44 bits per heavy atom. The Morgan fingerprint density at radius 2 is 1.64 bits per heavy atom. The molecule has 3 N–H and O–H groups in total. The zero-order chi connectivity index (χ0) is 26.9. The summed E-state index contributed by atoms with van der Waals surface area (Å²) in [5, 5.41) is 9.00. The van der Waals surface area contributed by atoms with Gasteiger partial charge in [0.05, 0.1) is 19.8 Å². The second-order valence-corrected chi connectivity index (χ2v) is 9.81. The first-order chi connectivity index (χ1) is 19.1. The van der Waals surface area contributed by atoms with Gasteiger partial charge in [-0.2, -0.15) is 0 Å². The van der Waals surface area contributed by atoms with E-state index in [1.54, 1.807) is 14.2 Å². The monoisotopic (exact) mass is 523 g/mol. The van der Waals surface area contributed by atoms with E-state index in [9.17, 15) is 9.59 Å². The van der Waals surface area contributed by atoms with Crippen LogP contribution in [0.1, 0.15) is 46.9 Å². The maximum absolute atomic E-state index is 13.8. The largest absolute Gasteiger partial charge is 0.493 e. The normalized spacial score (nSPS) is 18.2. The van der Waals surface area contributed by atoms with E-state index in [0.717, 1.165) is 22.4 Å². The number of carbonyl (C=O) groups excluding carboxylic acids is 1. The summed E-state index contributed by atoms with van der Waals surface area (Å²) in [6.07, 6.45) is 0.943. The van der Waals surface area contributed by atoms with E-state index in [2.05, 4.69) is 15.5 Å². The smallest absolute Gasteiger partial charge is 0.270 e. The van der Waals surface area contributed by atoms with Gasteiger partial charge in [-0.1, -0.05) is 48.5 Å². The molecule has 1 aromatic heterocycles. The maximum Gasteiger partial charge on any atom is 0.270 e. The van der Waals surface area contributed by atoms with Crippen LogP contribution in [0.5, 0.6) is 17.2 Å². The van der Waals surface area contributed by atoms with Gasteiger partial charge in [-0.15, -0.1) is 0 Å². The number of ketones is 1. The Hall–Kier alpha value is -4.72. The van der Waals surface area contributed by atoms with Gasteiger partial charge in [0.1, 0.15) is 18.2 Å². The number of allylic oxidation sites excluding steroid dienone is 2. The molecule has 2 unspecified atom stereocenters. The SMILES string of the molecule is COc1ccc(C2CC(=O)C3=C(C2)Nc2[nH][nH]c(=O)c2C3c2cccc(OCc3ccccc3)c2)cc1OC. The molecular weight excluding hydrogens is 494 g/mol. The van der Waals surface area contributed by atoms with Crippen LogP contribution >= 0.6 is 0 Å². The number of carbonyl (C=O) groups is 1. The fourth-order valence-electron chi connectivity index (χ4n) is 5.62. The zero-order valence-corrected chi connectivity index (χ0v) is 21.7. The van der Waals surface area contributed by atoms with E-state index in [-0.39, 0.29) is 17.3 Å². The highest BCUT2D eigenvalue weighted by molar-refractivity contribution is 6.01. The van der Waals surface area contributed by atoms with Crippen LogP contribution in [0.3, 0.4) is 0 Å². The number of hydrogen-bond acceptors (Lipinski definition) is 6. The summed E-state index contributed by atoms with van der Waals surface area (Å²) < 4.78 is 16.9. The molecule has 2 aliphatic rings. The summed E-state index contributed by atoms with van der Waals surface area (Å²) in [7, 11) is 3.20. The lowest BCUT2D eigenvalue weighted by molar-refractivity contribution is -0.116. The number of fused-ring (bicyclic) bond motifs is 1. The standard InChI is InChI=1S/C31H29N3O5/c1-37-25-12-11-19(16-26(25)38-2)21-14-23-28(24(35)15-21)27(29-30(32-23)33-34-31(29)36)20-9-6-10-22(13-20)39-17-18-7-4-3-5-8-18/h3-13,16,21,27H,14-15,17H2,1-2H3,(H3,32,33,34,36). The van der Waals surface area contributed by atoms with E-state index in [1.165, 1.54) is 0 Å². The highest BCUT2D eigenvalue weighted by atomic mass is 16.5. The molecule has 39 heavy (non-hydrogen) atoms. The summed E-state index contributed by atoms with van der Waals surface area (Å²) in [5.41, 5.74) is 4.59. The van der Waals surface area contributed by atoms with Gasteiger partial charge >= 0.3 is 0 Å². The Morgan fingerprint density at radius 1 is 0.821 bits per heavy atom. The molecule has 8 heteroatoms. The third kappa shape index (κ3) is 4.58. The number of aromatic amines is 2. The molecule has 3 aromatic carbocycles. The van der Waals surface area contributed by atoms with Crippen molar-refractivity contribution in [1.29, 1.82) is 0 Å². The maximum atomic E-state index is 13.8. The van der Waals surface area contributed by atoms with Gasteiger partial charge in [0.2, 0.25) is 0 Å².